The van der Waals surface area contributed by atoms with Gasteiger partial charge in [-0.25, -0.2) is 0 Å². The lowest BCUT2D eigenvalue weighted by molar-refractivity contribution is -0.321. The van der Waals surface area contributed by atoms with E-state index in [9.17, 15) is 25.5 Å². The molecule has 7 aliphatic rings. The molecule has 12 heteroatoms. The van der Waals surface area contributed by atoms with Gasteiger partial charge in [0, 0.05) is 38.0 Å². The number of aliphatic hydroxyl groups excluding tert-OH is 4. The highest BCUT2D eigenvalue weighted by atomic mass is 16.7. The van der Waals surface area contributed by atoms with E-state index < -0.39 is 59.6 Å². The second-order valence-electron chi connectivity index (χ2n) is 18.9. The standard InChI is InChI=1S/C44H70O12/c1-26-21-35(54-44(23-26)36(47)12-11-32(53-44)24-41(6,49)25-45)27(2)9-10-31-14-18-43(52-31)19-15-34-40(56-43)37(48)30(5)39(51-34)33(46)22-29(4)38-28(3)13-17-42(55-38)16-7-8-20-50-42/h9-10,23,27-29,31-40,45-49H,5,7-8,11-22,24-25H2,1-4,6H3/b10-9+/t27-,28-,29+,31+,32?,33+,34-,35-,36-,37-,38+,39?,40-,41-,42+,43+,44-/m1/s1. The van der Waals surface area contributed by atoms with Crippen molar-refractivity contribution in [2.45, 2.75) is 209 Å². The molecule has 0 bridgehead atoms. The number of hydrogen-bond donors (Lipinski definition) is 5. The average Bonchev–Trinajstić information content (AvgIpc) is 3.56. The molecule has 5 N–H and O–H groups in total. The summed E-state index contributed by atoms with van der Waals surface area (Å²) in [6, 6.07) is 0. The summed E-state index contributed by atoms with van der Waals surface area (Å²) in [5.41, 5.74) is 0.213. The maximum atomic E-state index is 11.5. The fraction of sp³-hybridized carbons (Fsp3) is 0.864. The van der Waals surface area contributed by atoms with Crippen LogP contribution in [0.2, 0.25) is 0 Å². The molecule has 6 fully saturated rings. The number of aliphatic hydroxyl groups is 5. The summed E-state index contributed by atoms with van der Waals surface area (Å²) in [5, 5.41) is 54.3. The predicted molar refractivity (Wildman–Crippen MR) is 207 cm³/mol. The highest BCUT2D eigenvalue weighted by molar-refractivity contribution is 5.20. The van der Waals surface area contributed by atoms with Gasteiger partial charge in [0.15, 0.2) is 11.6 Å². The van der Waals surface area contributed by atoms with E-state index in [0.717, 1.165) is 50.7 Å². The van der Waals surface area contributed by atoms with Crippen LogP contribution in [0.15, 0.2) is 36.0 Å². The molecule has 0 saturated carbocycles. The van der Waals surface area contributed by atoms with Crippen molar-refractivity contribution in [1.82, 2.24) is 0 Å². The van der Waals surface area contributed by atoms with Crippen LogP contribution in [0.25, 0.3) is 0 Å². The zero-order valence-electron chi connectivity index (χ0n) is 34.4. The largest absolute Gasteiger partial charge is 0.393 e. The van der Waals surface area contributed by atoms with E-state index >= 15 is 0 Å². The van der Waals surface area contributed by atoms with E-state index in [1.807, 2.05) is 13.0 Å². The van der Waals surface area contributed by atoms with Gasteiger partial charge in [-0.2, -0.15) is 0 Å². The fourth-order valence-corrected chi connectivity index (χ4v) is 10.6. The first-order valence-electron chi connectivity index (χ1n) is 21.7. The summed E-state index contributed by atoms with van der Waals surface area (Å²) >= 11 is 0. The second-order valence-corrected chi connectivity index (χ2v) is 18.9. The molecule has 17 atom stereocenters. The van der Waals surface area contributed by atoms with Crippen LogP contribution in [0.1, 0.15) is 125 Å². The third-order valence-corrected chi connectivity index (χ3v) is 13.9. The minimum Gasteiger partial charge on any atom is -0.393 e. The molecule has 0 radical (unpaired) electrons. The summed E-state index contributed by atoms with van der Waals surface area (Å²) in [5.74, 6) is -2.26. The van der Waals surface area contributed by atoms with Gasteiger partial charge in [-0.1, -0.05) is 45.1 Å². The summed E-state index contributed by atoms with van der Waals surface area (Å²) in [7, 11) is 0. The molecular formula is C44H70O12. The molecule has 318 valence electrons. The van der Waals surface area contributed by atoms with Gasteiger partial charge in [0.05, 0.1) is 55.4 Å². The number of rotatable bonds is 10. The normalized spacial score (nSPS) is 46.1. The summed E-state index contributed by atoms with van der Waals surface area (Å²) in [6.07, 6.45) is 10.9. The van der Waals surface area contributed by atoms with E-state index in [-0.39, 0.29) is 49.3 Å². The van der Waals surface area contributed by atoms with Gasteiger partial charge in [0.2, 0.25) is 5.79 Å². The van der Waals surface area contributed by atoms with Gasteiger partial charge in [0.25, 0.3) is 0 Å². The van der Waals surface area contributed by atoms with Crippen molar-refractivity contribution in [3.05, 3.63) is 36.0 Å². The summed E-state index contributed by atoms with van der Waals surface area (Å²) < 4.78 is 45.4. The van der Waals surface area contributed by atoms with Gasteiger partial charge in [-0.05, 0) is 95.1 Å². The fourth-order valence-electron chi connectivity index (χ4n) is 10.6. The molecule has 12 nitrogen and oxygen atoms in total. The first kappa shape index (κ1) is 42.8. The quantitative estimate of drug-likeness (QED) is 0.186. The monoisotopic (exact) mass is 790 g/mol. The summed E-state index contributed by atoms with van der Waals surface area (Å²) in [4.78, 5) is 0. The lowest BCUT2D eigenvalue weighted by atomic mass is 9.79. The third kappa shape index (κ3) is 9.07. The van der Waals surface area contributed by atoms with Crippen molar-refractivity contribution in [1.29, 1.82) is 0 Å². The minimum atomic E-state index is -1.31. The van der Waals surface area contributed by atoms with Crippen molar-refractivity contribution >= 4 is 0 Å². The minimum absolute atomic E-state index is 0.0263. The van der Waals surface area contributed by atoms with E-state index in [2.05, 4.69) is 39.5 Å². The SMILES string of the molecule is C=C1C([C@@H](O)C[C@H](C)[C@H]2O[C@@]3(CCCCO3)CC[C@H]2C)O[C@@H]2CC[C@]3(CC[C@H](/C=C/[C@@H](C)[C@H]4CC(C)=C[C@@]5(OC(C[C@@](C)(O)CO)CC[C@H]5O)O4)O3)O[C@H]2[C@@H]1O. The molecule has 0 aliphatic carbocycles. The number of fused-ring (bicyclic) bond motifs is 1. The molecule has 7 heterocycles. The molecule has 3 spiro atoms. The van der Waals surface area contributed by atoms with Crippen molar-refractivity contribution in [3.8, 4) is 0 Å². The first-order chi connectivity index (χ1) is 26.5. The average molecular weight is 791 g/mol. The van der Waals surface area contributed by atoms with Gasteiger partial charge >= 0.3 is 0 Å². The van der Waals surface area contributed by atoms with E-state index in [1.54, 1.807) is 6.92 Å². The van der Waals surface area contributed by atoms with Crippen molar-refractivity contribution < 1.29 is 58.7 Å². The van der Waals surface area contributed by atoms with Crippen molar-refractivity contribution in [3.63, 3.8) is 0 Å². The number of ether oxygens (including phenoxy) is 7. The Labute approximate surface area is 333 Å². The Hall–Kier alpha value is -1.26. The smallest absolute Gasteiger partial charge is 0.215 e. The zero-order valence-corrected chi connectivity index (χ0v) is 34.4. The van der Waals surface area contributed by atoms with Crippen LogP contribution < -0.4 is 0 Å². The Morgan fingerprint density at radius 3 is 2.48 bits per heavy atom. The Morgan fingerprint density at radius 2 is 1.73 bits per heavy atom. The zero-order chi connectivity index (χ0) is 40.0. The molecule has 0 aromatic heterocycles. The maximum absolute atomic E-state index is 11.5. The number of hydrogen-bond acceptors (Lipinski definition) is 12. The molecule has 56 heavy (non-hydrogen) atoms. The van der Waals surface area contributed by atoms with Crippen LogP contribution in [0, 0.1) is 17.8 Å². The maximum Gasteiger partial charge on any atom is 0.215 e. The van der Waals surface area contributed by atoms with E-state index in [4.69, 9.17) is 33.2 Å². The van der Waals surface area contributed by atoms with Gasteiger partial charge < -0.3 is 58.7 Å². The van der Waals surface area contributed by atoms with Crippen LogP contribution in [-0.2, 0) is 33.2 Å². The first-order valence-corrected chi connectivity index (χ1v) is 21.7. The highest BCUT2D eigenvalue weighted by Crippen LogP contribution is 2.47. The van der Waals surface area contributed by atoms with Crippen LogP contribution in [0.3, 0.4) is 0 Å². The van der Waals surface area contributed by atoms with Crippen LogP contribution in [0.5, 0.6) is 0 Å². The topological polar surface area (TPSA) is 166 Å². The lowest BCUT2D eigenvalue weighted by Crippen LogP contribution is -2.60. The Balaban J connectivity index is 0.919. The second kappa shape index (κ2) is 17.0. The highest BCUT2D eigenvalue weighted by Gasteiger charge is 2.55. The van der Waals surface area contributed by atoms with E-state index in [0.29, 0.717) is 56.4 Å². The Kier molecular flexibility index (Phi) is 13.0. The van der Waals surface area contributed by atoms with Crippen LogP contribution in [-0.4, -0.2) is 123 Å². The molecule has 6 saturated heterocycles. The molecule has 7 aliphatic heterocycles. The van der Waals surface area contributed by atoms with Gasteiger partial charge in [0.1, 0.15) is 24.4 Å². The molecule has 0 amide bonds. The van der Waals surface area contributed by atoms with Crippen molar-refractivity contribution in [2.75, 3.05) is 13.2 Å². The van der Waals surface area contributed by atoms with Crippen LogP contribution in [0.4, 0.5) is 0 Å². The van der Waals surface area contributed by atoms with Gasteiger partial charge in [-0.3, -0.25) is 0 Å². The molecule has 0 aromatic rings. The Morgan fingerprint density at radius 1 is 0.964 bits per heavy atom. The molecule has 7 rings (SSSR count). The Bertz CT molecular complexity index is 1430. The lowest BCUT2D eigenvalue weighted by Gasteiger charge is -2.50. The van der Waals surface area contributed by atoms with E-state index in [1.165, 1.54) is 0 Å². The molecular weight excluding hydrogens is 720 g/mol. The van der Waals surface area contributed by atoms with Crippen molar-refractivity contribution in [2.24, 2.45) is 17.8 Å². The summed E-state index contributed by atoms with van der Waals surface area (Å²) in [6.45, 7) is 14.6. The third-order valence-electron chi connectivity index (χ3n) is 13.9. The molecule has 0 aromatic carbocycles. The van der Waals surface area contributed by atoms with Crippen LogP contribution >= 0.6 is 0 Å². The predicted octanol–water partition coefficient (Wildman–Crippen LogP) is 5.12. The molecule has 2 unspecified atom stereocenters. The van der Waals surface area contributed by atoms with Gasteiger partial charge in [-0.15, -0.1) is 0 Å².